The number of aryl methyl sites for hydroxylation is 1. The molecule has 1 aliphatic carbocycles. The molecule has 2 aliphatic rings. The number of hydrogen-bond donors (Lipinski definition) is 0. The number of nitrogens with zero attached hydrogens (tertiary/aromatic N) is 1. The van der Waals surface area contributed by atoms with Gasteiger partial charge in [0.2, 0.25) is 6.10 Å². The zero-order valence-corrected chi connectivity index (χ0v) is 16.8. The molecule has 3 rings (SSSR count). The van der Waals surface area contributed by atoms with Crippen molar-refractivity contribution in [1.29, 1.82) is 0 Å². The van der Waals surface area contributed by atoms with Crippen LogP contribution in [0.1, 0.15) is 57.6 Å². The summed E-state index contributed by atoms with van der Waals surface area (Å²) < 4.78 is 16.5. The molecule has 0 N–H and O–H groups in total. The monoisotopic (exact) mass is 375 g/mol. The summed E-state index contributed by atoms with van der Waals surface area (Å²) in [6.07, 6.45) is 1.15. The van der Waals surface area contributed by atoms with Gasteiger partial charge in [0, 0.05) is 5.92 Å². The van der Waals surface area contributed by atoms with Gasteiger partial charge in [0.25, 0.3) is 0 Å². The van der Waals surface area contributed by atoms with Crippen molar-refractivity contribution in [2.45, 2.75) is 70.2 Å². The molecule has 1 amide bonds. The van der Waals surface area contributed by atoms with Gasteiger partial charge in [0.05, 0.1) is 19.3 Å². The van der Waals surface area contributed by atoms with E-state index in [0.29, 0.717) is 6.61 Å². The SMILES string of the molecule is COC(=O)[C@@H](OC(=O)N1C(C)(C)COC1(C)C)[C@@H]1CCCc2ccccc21. The van der Waals surface area contributed by atoms with Gasteiger partial charge in [-0.05, 0) is 58.1 Å². The number of methoxy groups -OCH3 is 1. The smallest absolute Gasteiger partial charge is 0.413 e. The molecule has 0 saturated carbocycles. The average Bonchev–Trinajstić information content (AvgIpc) is 2.86. The van der Waals surface area contributed by atoms with Gasteiger partial charge in [-0.2, -0.15) is 0 Å². The van der Waals surface area contributed by atoms with E-state index in [9.17, 15) is 9.59 Å². The molecule has 27 heavy (non-hydrogen) atoms. The number of ether oxygens (including phenoxy) is 3. The lowest BCUT2D eigenvalue weighted by Gasteiger charge is -2.38. The molecule has 1 aromatic rings. The van der Waals surface area contributed by atoms with Crippen molar-refractivity contribution in [3.05, 3.63) is 35.4 Å². The Morgan fingerprint density at radius 2 is 1.93 bits per heavy atom. The maximum absolute atomic E-state index is 13.1. The fourth-order valence-corrected chi connectivity index (χ4v) is 4.36. The van der Waals surface area contributed by atoms with Gasteiger partial charge >= 0.3 is 12.1 Å². The number of benzene rings is 1. The Morgan fingerprint density at radius 3 is 2.56 bits per heavy atom. The van der Waals surface area contributed by atoms with Crippen LogP contribution >= 0.6 is 0 Å². The number of carbonyl (C=O) groups excluding carboxylic acids is 2. The molecule has 6 heteroatoms. The minimum absolute atomic E-state index is 0.207. The molecule has 1 aliphatic heterocycles. The maximum Gasteiger partial charge on any atom is 0.413 e. The minimum atomic E-state index is -0.976. The van der Waals surface area contributed by atoms with Gasteiger partial charge in [-0.25, -0.2) is 9.59 Å². The van der Waals surface area contributed by atoms with E-state index in [0.717, 1.165) is 24.8 Å². The lowest BCUT2D eigenvalue weighted by molar-refractivity contribution is -0.154. The standard InChI is InChI=1S/C21H29NO5/c1-20(2)13-26-21(3,4)22(20)19(24)27-17(18(23)25-5)16-12-8-10-14-9-6-7-11-15(14)16/h6-7,9,11,16-17H,8,10,12-13H2,1-5H3/t16-,17+/m1/s1. The predicted octanol–water partition coefficient (Wildman–Crippen LogP) is 3.63. The maximum atomic E-state index is 13.1. The normalized spacial score (nSPS) is 24.0. The number of rotatable bonds is 3. The molecule has 6 nitrogen and oxygen atoms in total. The van der Waals surface area contributed by atoms with Gasteiger partial charge in [0.15, 0.2) is 0 Å². The average molecular weight is 375 g/mol. The first-order chi connectivity index (χ1) is 12.7. The van der Waals surface area contributed by atoms with Crippen molar-refractivity contribution in [2.75, 3.05) is 13.7 Å². The van der Waals surface area contributed by atoms with Crippen molar-refractivity contribution in [1.82, 2.24) is 4.90 Å². The summed E-state index contributed by atoms with van der Waals surface area (Å²) in [5, 5.41) is 0. The summed E-state index contributed by atoms with van der Waals surface area (Å²) >= 11 is 0. The summed E-state index contributed by atoms with van der Waals surface area (Å²) in [5.74, 6) is -0.734. The van der Waals surface area contributed by atoms with E-state index < -0.39 is 29.4 Å². The summed E-state index contributed by atoms with van der Waals surface area (Å²) in [7, 11) is 1.32. The van der Waals surface area contributed by atoms with E-state index in [1.807, 2.05) is 45.9 Å². The third-order valence-electron chi connectivity index (χ3n) is 5.55. The van der Waals surface area contributed by atoms with Gasteiger partial charge in [-0.1, -0.05) is 24.3 Å². The van der Waals surface area contributed by atoms with Gasteiger partial charge < -0.3 is 14.2 Å². The fraction of sp³-hybridized carbons (Fsp3) is 0.619. The highest BCUT2D eigenvalue weighted by Crippen LogP contribution is 2.38. The largest absolute Gasteiger partial charge is 0.466 e. The van der Waals surface area contributed by atoms with Crippen LogP contribution in [-0.4, -0.2) is 48.0 Å². The topological polar surface area (TPSA) is 65.1 Å². The van der Waals surface area contributed by atoms with Crippen molar-refractivity contribution < 1.29 is 23.8 Å². The molecule has 0 spiro atoms. The number of hydrogen-bond acceptors (Lipinski definition) is 5. The van der Waals surface area contributed by atoms with Crippen molar-refractivity contribution in [3.8, 4) is 0 Å². The van der Waals surface area contributed by atoms with Gasteiger partial charge in [-0.15, -0.1) is 0 Å². The quantitative estimate of drug-likeness (QED) is 0.755. The predicted molar refractivity (Wildman–Crippen MR) is 100 cm³/mol. The Morgan fingerprint density at radius 1 is 1.22 bits per heavy atom. The second-order valence-corrected chi connectivity index (χ2v) is 8.41. The van der Waals surface area contributed by atoms with E-state index in [-0.39, 0.29) is 5.92 Å². The number of amides is 1. The highest BCUT2D eigenvalue weighted by molar-refractivity contribution is 5.80. The molecule has 0 radical (unpaired) electrons. The molecule has 0 bridgehead atoms. The Bertz CT molecular complexity index is 711. The van der Waals surface area contributed by atoms with Crippen LogP contribution in [-0.2, 0) is 25.4 Å². The fourth-order valence-electron chi connectivity index (χ4n) is 4.36. The van der Waals surface area contributed by atoms with Crippen LogP contribution in [0.4, 0.5) is 4.79 Å². The molecule has 148 valence electrons. The van der Waals surface area contributed by atoms with E-state index in [1.54, 1.807) is 4.90 Å². The van der Waals surface area contributed by atoms with E-state index in [1.165, 1.54) is 12.7 Å². The molecule has 0 unspecified atom stereocenters. The van der Waals surface area contributed by atoms with Crippen LogP contribution in [0.15, 0.2) is 24.3 Å². The molecule has 0 aromatic heterocycles. The van der Waals surface area contributed by atoms with Gasteiger partial charge in [0.1, 0.15) is 5.72 Å². The summed E-state index contributed by atoms with van der Waals surface area (Å²) in [6.45, 7) is 7.90. The highest BCUT2D eigenvalue weighted by Gasteiger charge is 2.51. The first-order valence-corrected chi connectivity index (χ1v) is 9.48. The van der Waals surface area contributed by atoms with Gasteiger partial charge in [-0.3, -0.25) is 4.90 Å². The Hall–Kier alpha value is -2.08. The van der Waals surface area contributed by atoms with E-state index in [4.69, 9.17) is 14.2 Å². The van der Waals surface area contributed by atoms with Crippen LogP contribution in [0.2, 0.25) is 0 Å². The van der Waals surface area contributed by atoms with E-state index in [2.05, 4.69) is 6.07 Å². The first kappa shape index (κ1) is 19.7. The van der Waals surface area contributed by atoms with Crippen molar-refractivity contribution >= 4 is 12.1 Å². The van der Waals surface area contributed by atoms with E-state index >= 15 is 0 Å². The van der Waals surface area contributed by atoms with Crippen LogP contribution in [0.25, 0.3) is 0 Å². The summed E-state index contributed by atoms with van der Waals surface area (Å²) in [4.78, 5) is 27.2. The third kappa shape index (κ3) is 3.68. The molecule has 1 heterocycles. The van der Waals surface area contributed by atoms with Crippen molar-refractivity contribution in [3.63, 3.8) is 0 Å². The zero-order chi connectivity index (χ0) is 19.8. The lowest BCUT2D eigenvalue weighted by atomic mass is 9.79. The molecular formula is C21H29NO5. The van der Waals surface area contributed by atoms with Crippen LogP contribution in [0.3, 0.4) is 0 Å². The minimum Gasteiger partial charge on any atom is -0.466 e. The number of fused-ring (bicyclic) bond motifs is 1. The van der Waals surface area contributed by atoms with Crippen molar-refractivity contribution in [2.24, 2.45) is 0 Å². The molecule has 2 atom stereocenters. The van der Waals surface area contributed by atoms with Crippen LogP contribution < -0.4 is 0 Å². The first-order valence-electron chi connectivity index (χ1n) is 9.48. The molecular weight excluding hydrogens is 346 g/mol. The molecule has 1 saturated heterocycles. The number of carbonyl (C=O) groups is 2. The third-order valence-corrected chi connectivity index (χ3v) is 5.55. The molecule has 1 fully saturated rings. The second kappa shape index (κ2) is 7.15. The Labute approximate surface area is 160 Å². The van der Waals surface area contributed by atoms with Crippen LogP contribution in [0, 0.1) is 0 Å². The summed E-state index contributed by atoms with van der Waals surface area (Å²) in [5.41, 5.74) is 0.935. The zero-order valence-electron chi connectivity index (χ0n) is 16.8. The molecule has 1 aromatic carbocycles. The van der Waals surface area contributed by atoms with Crippen LogP contribution in [0.5, 0.6) is 0 Å². The highest BCUT2D eigenvalue weighted by atomic mass is 16.6. The number of esters is 1. The Kier molecular flexibility index (Phi) is 5.21. The Balaban J connectivity index is 1.89. The summed E-state index contributed by atoms with van der Waals surface area (Å²) in [6, 6.07) is 8.02. The lowest BCUT2D eigenvalue weighted by Crippen LogP contribution is -2.54. The second-order valence-electron chi connectivity index (χ2n) is 8.41.